The normalized spacial score (nSPS) is 14.0. The largest absolute Gasteiger partial charge is 0.440 e. The van der Waals surface area contributed by atoms with Crippen molar-refractivity contribution in [2.75, 3.05) is 11.9 Å². The standard InChI is InChI=1S/C18H21N5O2.ClH/c1-18(2,3)17-21-13-8-10(4-5-14(13)25-17)20-16(24)15-11-9-19-7-6-12(11)22-23-15;/h4-5,8,19H,6-7,9H2,1-3H3,(H,20,24)(H,22,23);1H. The fourth-order valence-electron chi connectivity index (χ4n) is 2.93. The topological polar surface area (TPSA) is 95.8 Å². The Hall–Kier alpha value is -2.38. The number of aromatic nitrogens is 3. The van der Waals surface area contributed by atoms with E-state index in [1.807, 2.05) is 18.2 Å². The summed E-state index contributed by atoms with van der Waals surface area (Å²) in [7, 11) is 0. The molecule has 3 aromatic rings. The van der Waals surface area contributed by atoms with Crippen LogP contribution in [0.4, 0.5) is 5.69 Å². The highest BCUT2D eigenvalue weighted by atomic mass is 35.5. The third kappa shape index (κ3) is 3.32. The van der Waals surface area contributed by atoms with Crippen LogP contribution in [-0.4, -0.2) is 27.6 Å². The second-order valence-corrected chi connectivity index (χ2v) is 7.36. The minimum atomic E-state index is -0.222. The molecule has 0 atom stereocenters. The van der Waals surface area contributed by atoms with Crippen molar-refractivity contribution in [2.24, 2.45) is 0 Å². The van der Waals surface area contributed by atoms with Crippen molar-refractivity contribution in [3.63, 3.8) is 0 Å². The number of H-pyrrole nitrogens is 1. The van der Waals surface area contributed by atoms with E-state index < -0.39 is 0 Å². The molecular weight excluding hydrogens is 354 g/mol. The lowest BCUT2D eigenvalue weighted by atomic mass is 9.97. The van der Waals surface area contributed by atoms with Gasteiger partial charge in [-0.15, -0.1) is 12.4 Å². The molecule has 4 rings (SSSR count). The summed E-state index contributed by atoms with van der Waals surface area (Å²) < 4.78 is 5.79. The molecule has 0 saturated heterocycles. The Morgan fingerprint density at radius 1 is 1.31 bits per heavy atom. The summed E-state index contributed by atoms with van der Waals surface area (Å²) in [6, 6.07) is 5.47. The zero-order valence-electron chi connectivity index (χ0n) is 15.0. The number of carbonyl (C=O) groups excluding carboxylic acids is 1. The molecule has 1 aromatic carbocycles. The molecule has 2 aromatic heterocycles. The molecule has 0 saturated carbocycles. The van der Waals surface area contributed by atoms with Crippen LogP contribution in [0.15, 0.2) is 22.6 Å². The number of anilines is 1. The SMILES string of the molecule is CC(C)(C)c1nc2cc(NC(=O)c3n[nH]c4c3CNCC4)ccc2o1.Cl. The smallest absolute Gasteiger partial charge is 0.276 e. The van der Waals surface area contributed by atoms with Gasteiger partial charge in [0.1, 0.15) is 5.52 Å². The number of oxazole rings is 1. The highest BCUT2D eigenvalue weighted by Gasteiger charge is 2.23. The number of hydrogen-bond donors (Lipinski definition) is 3. The van der Waals surface area contributed by atoms with E-state index in [2.05, 4.69) is 46.6 Å². The number of rotatable bonds is 2. The van der Waals surface area contributed by atoms with Crippen LogP contribution in [0.2, 0.25) is 0 Å². The quantitative estimate of drug-likeness (QED) is 0.639. The number of carbonyl (C=O) groups is 1. The lowest BCUT2D eigenvalue weighted by molar-refractivity contribution is 0.102. The molecular formula is C18H22ClN5O2. The van der Waals surface area contributed by atoms with Crippen molar-refractivity contribution in [1.82, 2.24) is 20.5 Å². The molecule has 26 heavy (non-hydrogen) atoms. The number of fused-ring (bicyclic) bond motifs is 2. The minimum Gasteiger partial charge on any atom is -0.440 e. The molecule has 0 radical (unpaired) electrons. The molecule has 0 unspecified atom stereocenters. The molecule has 3 N–H and O–H groups in total. The summed E-state index contributed by atoms with van der Waals surface area (Å²) in [6.45, 7) is 7.71. The molecule has 7 nitrogen and oxygen atoms in total. The summed E-state index contributed by atoms with van der Waals surface area (Å²) in [5.41, 5.74) is 4.37. The molecule has 0 spiro atoms. The Morgan fingerprint density at radius 3 is 2.88 bits per heavy atom. The van der Waals surface area contributed by atoms with Crippen LogP contribution < -0.4 is 10.6 Å². The second-order valence-electron chi connectivity index (χ2n) is 7.36. The maximum Gasteiger partial charge on any atom is 0.276 e. The first-order valence-corrected chi connectivity index (χ1v) is 8.41. The fraction of sp³-hybridized carbons (Fsp3) is 0.389. The number of amides is 1. The lowest BCUT2D eigenvalue weighted by Crippen LogP contribution is -2.25. The molecule has 0 fully saturated rings. The van der Waals surface area contributed by atoms with E-state index in [1.165, 1.54) is 0 Å². The monoisotopic (exact) mass is 375 g/mol. The predicted octanol–water partition coefficient (Wildman–Crippen LogP) is 3.17. The van der Waals surface area contributed by atoms with Crippen molar-refractivity contribution in [2.45, 2.75) is 39.2 Å². The van der Waals surface area contributed by atoms with Crippen LogP contribution in [0, 0.1) is 0 Å². The molecule has 0 aliphatic carbocycles. The van der Waals surface area contributed by atoms with Gasteiger partial charge in [-0.3, -0.25) is 9.89 Å². The van der Waals surface area contributed by atoms with Gasteiger partial charge in [0.05, 0.1) is 0 Å². The van der Waals surface area contributed by atoms with Gasteiger partial charge in [0.25, 0.3) is 5.91 Å². The predicted molar refractivity (Wildman–Crippen MR) is 102 cm³/mol. The average Bonchev–Trinajstić information content (AvgIpc) is 3.18. The van der Waals surface area contributed by atoms with Gasteiger partial charge in [0.15, 0.2) is 11.3 Å². The zero-order valence-corrected chi connectivity index (χ0v) is 15.8. The Balaban J connectivity index is 0.00000196. The maximum atomic E-state index is 12.6. The molecule has 0 bridgehead atoms. The van der Waals surface area contributed by atoms with Crippen LogP contribution in [0.1, 0.15) is 48.4 Å². The third-order valence-electron chi connectivity index (χ3n) is 4.31. The van der Waals surface area contributed by atoms with E-state index in [1.54, 1.807) is 0 Å². The average molecular weight is 376 g/mol. The van der Waals surface area contributed by atoms with Crippen molar-refractivity contribution in [1.29, 1.82) is 0 Å². The molecule has 1 aliphatic rings. The first kappa shape index (κ1) is 18.4. The van der Waals surface area contributed by atoms with E-state index in [0.717, 1.165) is 29.7 Å². The summed E-state index contributed by atoms with van der Waals surface area (Å²) in [5, 5.41) is 13.3. The second kappa shape index (κ2) is 6.74. The summed E-state index contributed by atoms with van der Waals surface area (Å²) in [6.07, 6.45) is 0.857. The van der Waals surface area contributed by atoms with E-state index in [0.29, 0.717) is 29.4 Å². The first-order valence-electron chi connectivity index (χ1n) is 8.41. The third-order valence-corrected chi connectivity index (χ3v) is 4.31. The molecule has 1 amide bonds. The van der Waals surface area contributed by atoms with Gasteiger partial charge in [0, 0.05) is 41.9 Å². The number of nitrogens with zero attached hydrogens (tertiary/aromatic N) is 2. The van der Waals surface area contributed by atoms with Crippen LogP contribution in [0.25, 0.3) is 11.1 Å². The van der Waals surface area contributed by atoms with Gasteiger partial charge < -0.3 is 15.1 Å². The Bertz CT molecular complexity index is 954. The van der Waals surface area contributed by atoms with E-state index in [4.69, 9.17) is 4.42 Å². The van der Waals surface area contributed by atoms with Crippen LogP contribution >= 0.6 is 12.4 Å². The fourth-order valence-corrected chi connectivity index (χ4v) is 2.93. The van der Waals surface area contributed by atoms with Crippen molar-refractivity contribution < 1.29 is 9.21 Å². The van der Waals surface area contributed by atoms with E-state index in [9.17, 15) is 4.79 Å². The summed E-state index contributed by atoms with van der Waals surface area (Å²) >= 11 is 0. The highest BCUT2D eigenvalue weighted by molar-refractivity contribution is 6.04. The number of aromatic amines is 1. The van der Waals surface area contributed by atoms with Crippen molar-refractivity contribution in [3.8, 4) is 0 Å². The number of hydrogen-bond acceptors (Lipinski definition) is 5. The summed E-state index contributed by atoms with van der Waals surface area (Å²) in [5.74, 6) is 0.457. The van der Waals surface area contributed by atoms with Gasteiger partial charge >= 0.3 is 0 Å². The summed E-state index contributed by atoms with van der Waals surface area (Å²) in [4.78, 5) is 17.1. The van der Waals surface area contributed by atoms with Gasteiger partial charge in [-0.1, -0.05) is 20.8 Å². The molecule has 8 heteroatoms. The lowest BCUT2D eigenvalue weighted by Gasteiger charge is -2.12. The van der Waals surface area contributed by atoms with Gasteiger partial charge in [0.2, 0.25) is 5.89 Å². The number of nitrogens with one attached hydrogen (secondary N) is 3. The molecule has 1 aliphatic heterocycles. The van der Waals surface area contributed by atoms with E-state index in [-0.39, 0.29) is 23.7 Å². The van der Waals surface area contributed by atoms with Gasteiger partial charge in [-0.05, 0) is 18.2 Å². The van der Waals surface area contributed by atoms with Crippen LogP contribution in [0.3, 0.4) is 0 Å². The van der Waals surface area contributed by atoms with Crippen molar-refractivity contribution in [3.05, 3.63) is 41.0 Å². The molecule has 3 heterocycles. The van der Waals surface area contributed by atoms with Crippen LogP contribution in [-0.2, 0) is 18.4 Å². The Labute approximate surface area is 157 Å². The van der Waals surface area contributed by atoms with Crippen LogP contribution in [0.5, 0.6) is 0 Å². The molecule has 138 valence electrons. The maximum absolute atomic E-state index is 12.6. The minimum absolute atomic E-state index is 0. The first-order chi connectivity index (χ1) is 11.9. The Morgan fingerprint density at radius 2 is 2.12 bits per heavy atom. The van der Waals surface area contributed by atoms with Crippen molar-refractivity contribution >= 4 is 35.1 Å². The van der Waals surface area contributed by atoms with Gasteiger partial charge in [-0.2, -0.15) is 5.10 Å². The highest BCUT2D eigenvalue weighted by Crippen LogP contribution is 2.27. The van der Waals surface area contributed by atoms with E-state index >= 15 is 0 Å². The van der Waals surface area contributed by atoms with Gasteiger partial charge in [-0.25, -0.2) is 4.98 Å². The number of halogens is 1. The Kier molecular flexibility index (Phi) is 4.77. The number of benzene rings is 1. The zero-order chi connectivity index (χ0) is 17.6.